The molecule has 2 aliphatic rings. The highest BCUT2D eigenvalue weighted by atomic mass is 15.1. The molecule has 0 saturated carbocycles. The fourth-order valence-corrected chi connectivity index (χ4v) is 3.45. The predicted molar refractivity (Wildman–Crippen MR) is 89.9 cm³/mol. The number of rotatable bonds is 4. The van der Waals surface area contributed by atoms with Crippen LogP contribution in [0.25, 0.3) is 0 Å². The summed E-state index contributed by atoms with van der Waals surface area (Å²) in [5, 5.41) is 3.72. The van der Waals surface area contributed by atoms with Crippen molar-refractivity contribution in [1.82, 2.24) is 10.2 Å². The van der Waals surface area contributed by atoms with Gasteiger partial charge in [-0.3, -0.25) is 0 Å². The Labute approximate surface area is 129 Å². The van der Waals surface area contributed by atoms with Gasteiger partial charge < -0.3 is 15.1 Å². The molecule has 3 heteroatoms. The van der Waals surface area contributed by atoms with E-state index < -0.39 is 0 Å². The standard InChI is InChI=1S/C18H29N3/c1-20-13-9-17(10-14-20)19-15-16-5-7-18(8-6-16)21-11-3-2-4-12-21/h5-8,17,19H,2-4,9-15H2,1H3. The Kier molecular flexibility index (Phi) is 5.15. The van der Waals surface area contributed by atoms with Crippen molar-refractivity contribution in [3.8, 4) is 0 Å². The van der Waals surface area contributed by atoms with Gasteiger partial charge in [0, 0.05) is 31.4 Å². The second-order valence-electron chi connectivity index (χ2n) is 6.67. The number of benzene rings is 1. The molecule has 116 valence electrons. The molecular formula is C18H29N3. The lowest BCUT2D eigenvalue weighted by atomic mass is 10.0. The summed E-state index contributed by atoms with van der Waals surface area (Å²) in [6.45, 7) is 5.92. The van der Waals surface area contributed by atoms with Crippen LogP contribution in [0, 0.1) is 0 Å². The van der Waals surface area contributed by atoms with Crippen LogP contribution in [0.2, 0.25) is 0 Å². The van der Waals surface area contributed by atoms with Crippen molar-refractivity contribution in [2.75, 3.05) is 38.1 Å². The summed E-state index contributed by atoms with van der Waals surface area (Å²) in [4.78, 5) is 4.95. The van der Waals surface area contributed by atoms with Crippen LogP contribution in [0.15, 0.2) is 24.3 Å². The van der Waals surface area contributed by atoms with E-state index >= 15 is 0 Å². The van der Waals surface area contributed by atoms with Gasteiger partial charge in [-0.25, -0.2) is 0 Å². The summed E-state index contributed by atoms with van der Waals surface area (Å²) in [5.74, 6) is 0. The van der Waals surface area contributed by atoms with Gasteiger partial charge in [0.2, 0.25) is 0 Å². The molecule has 1 aromatic rings. The first kappa shape index (κ1) is 14.9. The Bertz CT molecular complexity index is 415. The van der Waals surface area contributed by atoms with Crippen molar-refractivity contribution in [2.45, 2.75) is 44.7 Å². The Balaban J connectivity index is 1.48. The molecule has 2 heterocycles. The lowest BCUT2D eigenvalue weighted by Crippen LogP contribution is -2.40. The summed E-state index contributed by atoms with van der Waals surface area (Å²) >= 11 is 0. The molecule has 21 heavy (non-hydrogen) atoms. The molecule has 0 radical (unpaired) electrons. The van der Waals surface area contributed by atoms with Crippen molar-refractivity contribution >= 4 is 5.69 Å². The predicted octanol–water partition coefficient (Wildman–Crippen LogP) is 2.86. The molecule has 0 bridgehead atoms. The van der Waals surface area contributed by atoms with Crippen molar-refractivity contribution in [3.63, 3.8) is 0 Å². The number of likely N-dealkylation sites (tertiary alicyclic amines) is 1. The minimum Gasteiger partial charge on any atom is -0.372 e. The summed E-state index contributed by atoms with van der Waals surface area (Å²) < 4.78 is 0. The van der Waals surface area contributed by atoms with Gasteiger partial charge in [0.15, 0.2) is 0 Å². The van der Waals surface area contributed by atoms with Gasteiger partial charge in [0.1, 0.15) is 0 Å². The van der Waals surface area contributed by atoms with Gasteiger partial charge >= 0.3 is 0 Å². The molecule has 0 aliphatic carbocycles. The maximum absolute atomic E-state index is 3.72. The third-order valence-electron chi connectivity index (χ3n) is 4.97. The fourth-order valence-electron chi connectivity index (χ4n) is 3.45. The molecular weight excluding hydrogens is 258 g/mol. The van der Waals surface area contributed by atoms with E-state index in [2.05, 4.69) is 46.4 Å². The minimum absolute atomic E-state index is 0.697. The van der Waals surface area contributed by atoms with Crippen LogP contribution in [0.5, 0.6) is 0 Å². The first-order chi connectivity index (χ1) is 10.3. The number of nitrogens with zero attached hydrogens (tertiary/aromatic N) is 2. The second kappa shape index (κ2) is 7.28. The lowest BCUT2D eigenvalue weighted by Gasteiger charge is -2.30. The topological polar surface area (TPSA) is 18.5 Å². The van der Waals surface area contributed by atoms with E-state index in [4.69, 9.17) is 0 Å². The highest BCUT2D eigenvalue weighted by Gasteiger charge is 2.16. The van der Waals surface area contributed by atoms with Crippen LogP contribution in [0.3, 0.4) is 0 Å². The van der Waals surface area contributed by atoms with Gasteiger partial charge in [0.25, 0.3) is 0 Å². The molecule has 2 fully saturated rings. The molecule has 0 atom stereocenters. The Morgan fingerprint density at radius 3 is 2.29 bits per heavy atom. The van der Waals surface area contributed by atoms with E-state index in [1.165, 1.54) is 69.5 Å². The van der Waals surface area contributed by atoms with Gasteiger partial charge in [-0.1, -0.05) is 12.1 Å². The largest absolute Gasteiger partial charge is 0.372 e. The third kappa shape index (κ3) is 4.21. The van der Waals surface area contributed by atoms with E-state index in [-0.39, 0.29) is 0 Å². The highest BCUT2D eigenvalue weighted by molar-refractivity contribution is 5.47. The molecule has 1 aromatic carbocycles. The molecule has 0 amide bonds. The average molecular weight is 287 g/mol. The average Bonchev–Trinajstić information content (AvgIpc) is 2.56. The number of anilines is 1. The smallest absolute Gasteiger partial charge is 0.0366 e. The molecule has 0 spiro atoms. The van der Waals surface area contributed by atoms with Crippen molar-refractivity contribution in [3.05, 3.63) is 29.8 Å². The van der Waals surface area contributed by atoms with Gasteiger partial charge in [-0.2, -0.15) is 0 Å². The van der Waals surface area contributed by atoms with Crippen LogP contribution >= 0.6 is 0 Å². The quantitative estimate of drug-likeness (QED) is 0.918. The Morgan fingerprint density at radius 2 is 1.62 bits per heavy atom. The zero-order valence-electron chi connectivity index (χ0n) is 13.4. The summed E-state index contributed by atoms with van der Waals surface area (Å²) in [7, 11) is 2.22. The number of hydrogen-bond acceptors (Lipinski definition) is 3. The summed E-state index contributed by atoms with van der Waals surface area (Å²) in [6.07, 6.45) is 6.65. The van der Waals surface area contributed by atoms with Crippen LogP contribution in [-0.2, 0) is 6.54 Å². The SMILES string of the molecule is CN1CCC(NCc2ccc(N3CCCCC3)cc2)CC1. The van der Waals surface area contributed by atoms with Crippen molar-refractivity contribution in [2.24, 2.45) is 0 Å². The van der Waals surface area contributed by atoms with Crippen LogP contribution in [0.4, 0.5) is 5.69 Å². The van der Waals surface area contributed by atoms with E-state index in [9.17, 15) is 0 Å². The van der Waals surface area contributed by atoms with Crippen LogP contribution < -0.4 is 10.2 Å². The monoisotopic (exact) mass is 287 g/mol. The van der Waals surface area contributed by atoms with Gasteiger partial charge in [-0.05, 0) is 69.9 Å². The van der Waals surface area contributed by atoms with Crippen LogP contribution in [0.1, 0.15) is 37.7 Å². The van der Waals surface area contributed by atoms with E-state index in [1.54, 1.807) is 0 Å². The lowest BCUT2D eigenvalue weighted by molar-refractivity contribution is 0.234. The first-order valence-electron chi connectivity index (χ1n) is 8.57. The van der Waals surface area contributed by atoms with Crippen LogP contribution in [-0.4, -0.2) is 44.2 Å². The number of piperidine rings is 2. The first-order valence-corrected chi connectivity index (χ1v) is 8.57. The van der Waals surface area contributed by atoms with E-state index in [0.717, 1.165) is 6.54 Å². The molecule has 3 nitrogen and oxygen atoms in total. The van der Waals surface area contributed by atoms with E-state index in [0.29, 0.717) is 6.04 Å². The van der Waals surface area contributed by atoms with Crippen molar-refractivity contribution < 1.29 is 0 Å². The number of hydrogen-bond donors (Lipinski definition) is 1. The molecule has 0 aromatic heterocycles. The summed E-state index contributed by atoms with van der Waals surface area (Å²) in [5.41, 5.74) is 2.81. The Hall–Kier alpha value is -1.06. The highest BCUT2D eigenvalue weighted by Crippen LogP contribution is 2.20. The molecule has 0 unspecified atom stereocenters. The zero-order valence-corrected chi connectivity index (χ0v) is 13.4. The maximum Gasteiger partial charge on any atom is 0.0366 e. The van der Waals surface area contributed by atoms with Gasteiger partial charge in [-0.15, -0.1) is 0 Å². The Morgan fingerprint density at radius 1 is 0.952 bits per heavy atom. The fraction of sp³-hybridized carbons (Fsp3) is 0.667. The maximum atomic E-state index is 3.72. The molecule has 1 N–H and O–H groups in total. The number of nitrogens with one attached hydrogen (secondary N) is 1. The minimum atomic E-state index is 0.697. The molecule has 3 rings (SSSR count). The molecule has 2 saturated heterocycles. The van der Waals surface area contributed by atoms with E-state index in [1.807, 2.05) is 0 Å². The molecule has 2 aliphatic heterocycles. The second-order valence-corrected chi connectivity index (χ2v) is 6.67. The van der Waals surface area contributed by atoms with Crippen molar-refractivity contribution in [1.29, 1.82) is 0 Å². The normalized spacial score (nSPS) is 21.7. The zero-order chi connectivity index (χ0) is 14.5. The third-order valence-corrected chi connectivity index (χ3v) is 4.97. The van der Waals surface area contributed by atoms with Gasteiger partial charge in [0.05, 0.1) is 0 Å². The summed E-state index contributed by atoms with van der Waals surface area (Å²) in [6, 6.07) is 9.90.